The monoisotopic (exact) mass is 534 g/mol. The van der Waals surface area contributed by atoms with Crippen molar-refractivity contribution in [1.82, 2.24) is 9.99 Å². The number of hydrazone groups is 1. The van der Waals surface area contributed by atoms with E-state index in [0.717, 1.165) is 32.5 Å². The summed E-state index contributed by atoms with van der Waals surface area (Å²) >= 11 is 6.16. The van der Waals surface area contributed by atoms with Crippen LogP contribution in [0.1, 0.15) is 22.5 Å². The summed E-state index contributed by atoms with van der Waals surface area (Å²) in [5, 5.41) is 4.74. The Bertz CT molecular complexity index is 1560. The van der Waals surface area contributed by atoms with Crippen LogP contribution in [0.3, 0.4) is 0 Å². The smallest absolute Gasteiger partial charge is 0.264 e. The summed E-state index contributed by atoms with van der Waals surface area (Å²) in [4.78, 5) is 12.9. The van der Waals surface area contributed by atoms with E-state index in [9.17, 15) is 13.2 Å². The van der Waals surface area contributed by atoms with Crippen LogP contribution in [-0.2, 0) is 14.8 Å². The Labute approximate surface area is 222 Å². The fourth-order valence-electron chi connectivity index (χ4n) is 4.09. The number of rotatable bonds is 8. The van der Waals surface area contributed by atoms with Crippen LogP contribution in [0.5, 0.6) is 0 Å². The van der Waals surface area contributed by atoms with Gasteiger partial charge in [-0.25, -0.2) is 13.8 Å². The SMILES string of the molecule is Cc1cccc(N(CC(=O)N/N=C/c2cc(C)n(-c3cccc(Cl)c3)c2C)S(=O)(=O)c2ccccc2)c1. The molecule has 0 fully saturated rings. The van der Waals surface area contributed by atoms with E-state index in [-0.39, 0.29) is 4.90 Å². The number of amides is 1. The van der Waals surface area contributed by atoms with Gasteiger partial charge in [0.15, 0.2) is 0 Å². The van der Waals surface area contributed by atoms with Crippen molar-refractivity contribution in [3.63, 3.8) is 0 Å². The van der Waals surface area contributed by atoms with E-state index in [1.807, 2.05) is 61.7 Å². The zero-order valence-corrected chi connectivity index (χ0v) is 22.3. The second-order valence-electron chi connectivity index (χ2n) is 8.60. The van der Waals surface area contributed by atoms with Crippen LogP contribution < -0.4 is 9.73 Å². The third kappa shape index (κ3) is 5.93. The Morgan fingerprint density at radius 1 is 0.973 bits per heavy atom. The summed E-state index contributed by atoms with van der Waals surface area (Å²) in [5.74, 6) is -0.569. The lowest BCUT2D eigenvalue weighted by atomic mass is 10.2. The van der Waals surface area contributed by atoms with Gasteiger partial charge in [0, 0.05) is 27.7 Å². The minimum absolute atomic E-state index is 0.0984. The highest BCUT2D eigenvalue weighted by molar-refractivity contribution is 7.92. The zero-order valence-electron chi connectivity index (χ0n) is 20.7. The first-order valence-electron chi connectivity index (χ1n) is 11.6. The number of nitrogens with one attached hydrogen (secondary N) is 1. The molecule has 0 atom stereocenters. The number of hydrogen-bond donors (Lipinski definition) is 1. The van der Waals surface area contributed by atoms with Crippen LogP contribution in [0.2, 0.25) is 5.02 Å². The molecule has 7 nitrogen and oxygen atoms in total. The van der Waals surface area contributed by atoms with E-state index in [0.29, 0.717) is 10.7 Å². The van der Waals surface area contributed by atoms with Crippen molar-refractivity contribution in [3.05, 3.63) is 112 Å². The Hall–Kier alpha value is -3.88. The van der Waals surface area contributed by atoms with E-state index in [4.69, 9.17) is 11.6 Å². The lowest BCUT2D eigenvalue weighted by Gasteiger charge is -2.24. The van der Waals surface area contributed by atoms with Gasteiger partial charge in [-0.3, -0.25) is 9.10 Å². The molecule has 0 saturated carbocycles. The molecule has 4 aromatic rings. The molecule has 0 aliphatic carbocycles. The summed E-state index contributed by atoms with van der Waals surface area (Å²) in [5.41, 5.74) is 7.37. The van der Waals surface area contributed by atoms with Gasteiger partial charge in [0.05, 0.1) is 16.8 Å². The molecule has 37 heavy (non-hydrogen) atoms. The number of carbonyl (C=O) groups excluding carboxylic acids is 1. The van der Waals surface area contributed by atoms with E-state index in [1.54, 1.807) is 42.6 Å². The van der Waals surface area contributed by atoms with Gasteiger partial charge in [-0.05, 0) is 74.9 Å². The van der Waals surface area contributed by atoms with Crippen molar-refractivity contribution in [2.24, 2.45) is 5.10 Å². The molecular weight excluding hydrogens is 508 g/mol. The number of benzene rings is 3. The van der Waals surface area contributed by atoms with Gasteiger partial charge in [-0.15, -0.1) is 0 Å². The Balaban J connectivity index is 1.55. The Kier molecular flexibility index (Phi) is 7.80. The minimum atomic E-state index is -3.98. The van der Waals surface area contributed by atoms with Gasteiger partial charge in [0.1, 0.15) is 6.54 Å². The lowest BCUT2D eigenvalue weighted by molar-refractivity contribution is -0.119. The summed E-state index contributed by atoms with van der Waals surface area (Å²) in [6, 6.07) is 24.5. The van der Waals surface area contributed by atoms with Gasteiger partial charge in [0.2, 0.25) is 0 Å². The molecule has 0 bridgehead atoms. The third-order valence-corrected chi connectivity index (χ3v) is 7.86. The van der Waals surface area contributed by atoms with Crippen LogP contribution >= 0.6 is 11.6 Å². The van der Waals surface area contributed by atoms with E-state index in [2.05, 4.69) is 10.5 Å². The number of halogens is 1. The summed E-state index contributed by atoms with van der Waals surface area (Å²) in [6.07, 6.45) is 1.55. The van der Waals surface area contributed by atoms with Crippen molar-refractivity contribution in [2.75, 3.05) is 10.8 Å². The number of sulfonamides is 1. The van der Waals surface area contributed by atoms with Crippen LogP contribution in [0.15, 0.2) is 94.9 Å². The summed E-state index contributed by atoms with van der Waals surface area (Å²) in [7, 11) is -3.98. The molecule has 0 saturated heterocycles. The van der Waals surface area contributed by atoms with Crippen molar-refractivity contribution >= 4 is 39.4 Å². The Morgan fingerprint density at radius 2 is 1.70 bits per heavy atom. The number of aryl methyl sites for hydroxylation is 2. The summed E-state index contributed by atoms with van der Waals surface area (Å²) in [6.45, 7) is 5.35. The van der Waals surface area contributed by atoms with Crippen molar-refractivity contribution in [2.45, 2.75) is 25.7 Å². The van der Waals surface area contributed by atoms with Crippen LogP contribution in [0.4, 0.5) is 5.69 Å². The molecule has 0 aliphatic rings. The fraction of sp³-hybridized carbons (Fsp3) is 0.143. The van der Waals surface area contributed by atoms with E-state index in [1.165, 1.54) is 12.1 Å². The molecule has 0 aliphatic heterocycles. The van der Waals surface area contributed by atoms with E-state index >= 15 is 0 Å². The third-order valence-electron chi connectivity index (χ3n) is 5.84. The predicted octanol–water partition coefficient (Wildman–Crippen LogP) is 5.40. The Morgan fingerprint density at radius 3 is 2.41 bits per heavy atom. The molecule has 0 radical (unpaired) electrons. The standard InChI is InChI=1S/C28H27ClN4O3S/c1-20-9-7-11-25(15-20)32(37(35,36)27-13-5-4-6-14-27)19-28(34)31-30-18-23-16-21(2)33(22(23)3)26-12-8-10-24(29)17-26/h4-18H,19H2,1-3H3,(H,31,34)/b30-18+. The minimum Gasteiger partial charge on any atom is -0.318 e. The average molecular weight is 535 g/mol. The number of hydrogen-bond acceptors (Lipinski definition) is 4. The predicted molar refractivity (Wildman–Crippen MR) is 148 cm³/mol. The first-order chi connectivity index (χ1) is 17.7. The van der Waals surface area contributed by atoms with E-state index < -0.39 is 22.5 Å². The molecule has 9 heteroatoms. The summed E-state index contributed by atoms with van der Waals surface area (Å²) < 4.78 is 30.0. The second-order valence-corrected chi connectivity index (χ2v) is 10.9. The molecule has 1 N–H and O–H groups in total. The van der Waals surface area contributed by atoms with Gasteiger partial charge in [-0.1, -0.05) is 48.0 Å². The zero-order chi connectivity index (χ0) is 26.6. The van der Waals surface area contributed by atoms with Gasteiger partial charge >= 0.3 is 0 Å². The number of anilines is 1. The number of aromatic nitrogens is 1. The molecule has 4 rings (SSSR count). The maximum absolute atomic E-state index is 13.4. The van der Waals surface area contributed by atoms with Crippen LogP contribution in [0, 0.1) is 20.8 Å². The highest BCUT2D eigenvalue weighted by Crippen LogP contribution is 2.25. The topological polar surface area (TPSA) is 83.8 Å². The molecule has 1 heterocycles. The average Bonchev–Trinajstić information content (AvgIpc) is 3.15. The maximum Gasteiger partial charge on any atom is 0.264 e. The van der Waals surface area contributed by atoms with Crippen LogP contribution in [-0.4, -0.2) is 31.7 Å². The molecule has 0 spiro atoms. The maximum atomic E-state index is 13.4. The highest BCUT2D eigenvalue weighted by Gasteiger charge is 2.27. The lowest BCUT2D eigenvalue weighted by Crippen LogP contribution is -2.39. The first-order valence-corrected chi connectivity index (χ1v) is 13.4. The van der Waals surface area contributed by atoms with Gasteiger partial charge < -0.3 is 4.57 Å². The van der Waals surface area contributed by atoms with Crippen molar-refractivity contribution < 1.29 is 13.2 Å². The molecular formula is C28H27ClN4O3S. The number of carbonyl (C=O) groups is 1. The molecule has 1 amide bonds. The largest absolute Gasteiger partial charge is 0.318 e. The quantitative estimate of drug-likeness (QED) is 0.242. The second kappa shape index (κ2) is 11.0. The first kappa shape index (κ1) is 26.2. The molecule has 3 aromatic carbocycles. The van der Waals surface area contributed by atoms with Crippen molar-refractivity contribution in [3.8, 4) is 5.69 Å². The van der Waals surface area contributed by atoms with Crippen LogP contribution in [0.25, 0.3) is 5.69 Å². The normalized spacial score (nSPS) is 11.6. The highest BCUT2D eigenvalue weighted by atomic mass is 35.5. The van der Waals surface area contributed by atoms with Gasteiger partial charge in [0.25, 0.3) is 15.9 Å². The molecule has 1 aromatic heterocycles. The van der Waals surface area contributed by atoms with Crippen molar-refractivity contribution in [1.29, 1.82) is 0 Å². The van der Waals surface area contributed by atoms with Gasteiger partial charge in [-0.2, -0.15) is 5.10 Å². The molecule has 0 unspecified atom stereocenters. The molecule has 190 valence electrons. The number of nitrogens with zero attached hydrogens (tertiary/aromatic N) is 3. The fourth-order valence-corrected chi connectivity index (χ4v) is 5.71.